The molecule has 0 aliphatic carbocycles. The molecule has 0 atom stereocenters. The highest BCUT2D eigenvalue weighted by Crippen LogP contribution is 2.33. The zero-order valence-corrected chi connectivity index (χ0v) is 8.69. The minimum Gasteiger partial charge on any atom is -0.405 e. The fraction of sp³-hybridized carbons (Fsp3) is 0.125. The van der Waals surface area contributed by atoms with Crippen LogP contribution in [0.2, 0.25) is 0 Å². The van der Waals surface area contributed by atoms with Gasteiger partial charge in [0.2, 0.25) is 0 Å². The van der Waals surface area contributed by atoms with Crippen LogP contribution in [0, 0.1) is 11.3 Å². The number of ether oxygens (including phenoxy) is 1. The molecule has 1 aromatic rings. The van der Waals surface area contributed by atoms with E-state index in [1.165, 1.54) is 0 Å². The number of halogens is 4. The first-order valence-corrected chi connectivity index (χ1v) is 4.37. The number of nitrogens with two attached hydrogens (primary N) is 1. The Bertz CT molecular complexity index is 425. The summed E-state index contributed by atoms with van der Waals surface area (Å²) in [5.74, 6) is -0.473. The Labute approximate surface area is 91.4 Å². The van der Waals surface area contributed by atoms with Crippen molar-refractivity contribution in [1.29, 1.82) is 5.26 Å². The van der Waals surface area contributed by atoms with Gasteiger partial charge >= 0.3 is 6.36 Å². The summed E-state index contributed by atoms with van der Waals surface area (Å²) >= 11 is 2.84. The molecule has 0 aliphatic rings. The van der Waals surface area contributed by atoms with Gasteiger partial charge in [0.25, 0.3) is 0 Å². The largest absolute Gasteiger partial charge is 0.573 e. The second kappa shape index (κ2) is 3.98. The molecule has 7 heteroatoms. The summed E-state index contributed by atoms with van der Waals surface area (Å²) in [4.78, 5) is 0. The van der Waals surface area contributed by atoms with E-state index in [2.05, 4.69) is 20.7 Å². The van der Waals surface area contributed by atoms with Crippen LogP contribution in [0.3, 0.4) is 0 Å². The van der Waals surface area contributed by atoms with Crippen LogP contribution in [-0.2, 0) is 0 Å². The van der Waals surface area contributed by atoms with E-state index in [0.29, 0.717) is 0 Å². The highest BCUT2D eigenvalue weighted by Gasteiger charge is 2.32. The van der Waals surface area contributed by atoms with Crippen LogP contribution in [-0.4, -0.2) is 6.36 Å². The lowest BCUT2D eigenvalue weighted by atomic mass is 10.2. The molecular formula is C8H4BrF3N2O. The van der Waals surface area contributed by atoms with Crippen molar-refractivity contribution < 1.29 is 17.9 Å². The Morgan fingerprint density at radius 3 is 2.47 bits per heavy atom. The lowest BCUT2D eigenvalue weighted by molar-refractivity contribution is -0.274. The standard InChI is InChI=1S/C8H4BrF3N2O/c9-5-1-4(3-13)6(14)2-7(5)15-8(10,11)12/h1-2H,14H2. The topological polar surface area (TPSA) is 59.0 Å². The number of nitrogens with zero attached hydrogens (tertiary/aromatic N) is 1. The Balaban J connectivity index is 3.13. The SMILES string of the molecule is N#Cc1cc(Br)c(OC(F)(F)F)cc1N. The molecule has 0 saturated carbocycles. The lowest BCUT2D eigenvalue weighted by Gasteiger charge is -2.11. The third kappa shape index (κ3) is 3.02. The van der Waals surface area contributed by atoms with Gasteiger partial charge < -0.3 is 10.5 Å². The number of hydrogen-bond donors (Lipinski definition) is 1. The summed E-state index contributed by atoms with van der Waals surface area (Å²) in [6.45, 7) is 0. The molecular weight excluding hydrogens is 277 g/mol. The molecule has 0 radical (unpaired) electrons. The van der Waals surface area contributed by atoms with Gasteiger partial charge in [-0.05, 0) is 22.0 Å². The molecule has 0 heterocycles. The van der Waals surface area contributed by atoms with E-state index in [4.69, 9.17) is 11.0 Å². The second-order valence-corrected chi connectivity index (χ2v) is 3.38. The summed E-state index contributed by atoms with van der Waals surface area (Å²) in [7, 11) is 0. The average Bonchev–Trinajstić information content (AvgIpc) is 2.08. The highest BCUT2D eigenvalue weighted by atomic mass is 79.9. The highest BCUT2D eigenvalue weighted by molar-refractivity contribution is 9.10. The molecule has 1 rings (SSSR count). The van der Waals surface area contributed by atoms with Gasteiger partial charge in [-0.1, -0.05) is 0 Å². The quantitative estimate of drug-likeness (QED) is 0.805. The Morgan fingerprint density at radius 2 is 2.00 bits per heavy atom. The molecule has 0 spiro atoms. The number of rotatable bonds is 1. The predicted octanol–water partition coefficient (Wildman–Crippen LogP) is 2.80. The van der Waals surface area contributed by atoms with Crippen LogP contribution < -0.4 is 10.5 Å². The van der Waals surface area contributed by atoms with Gasteiger partial charge in [0, 0.05) is 6.07 Å². The van der Waals surface area contributed by atoms with Crippen molar-refractivity contribution in [1.82, 2.24) is 0 Å². The fourth-order valence-corrected chi connectivity index (χ4v) is 1.29. The fourth-order valence-electron chi connectivity index (χ4n) is 0.869. The summed E-state index contributed by atoms with van der Waals surface area (Å²) in [5.41, 5.74) is 5.34. The molecule has 80 valence electrons. The number of benzene rings is 1. The number of nitrogen functional groups attached to an aromatic ring is 1. The lowest BCUT2D eigenvalue weighted by Crippen LogP contribution is -2.17. The number of hydrogen-bond acceptors (Lipinski definition) is 3. The van der Waals surface area contributed by atoms with Gasteiger partial charge in [-0.25, -0.2) is 0 Å². The van der Waals surface area contributed by atoms with Crippen molar-refractivity contribution in [2.45, 2.75) is 6.36 Å². The Morgan fingerprint density at radius 1 is 1.40 bits per heavy atom. The summed E-state index contributed by atoms with van der Waals surface area (Å²) in [6, 6.07) is 3.84. The van der Waals surface area contributed by atoms with Crippen molar-refractivity contribution >= 4 is 21.6 Å². The molecule has 0 fully saturated rings. The van der Waals surface area contributed by atoms with Gasteiger partial charge in [-0.2, -0.15) is 5.26 Å². The monoisotopic (exact) mass is 280 g/mol. The number of alkyl halides is 3. The first kappa shape index (κ1) is 11.7. The molecule has 3 nitrogen and oxygen atoms in total. The van der Waals surface area contributed by atoms with E-state index >= 15 is 0 Å². The van der Waals surface area contributed by atoms with Crippen LogP contribution in [0.1, 0.15) is 5.56 Å². The molecule has 0 unspecified atom stereocenters. The van der Waals surface area contributed by atoms with Crippen LogP contribution in [0.5, 0.6) is 5.75 Å². The first-order chi connectivity index (χ1) is 6.83. The zero-order chi connectivity index (χ0) is 11.6. The zero-order valence-electron chi connectivity index (χ0n) is 7.10. The minimum atomic E-state index is -4.79. The van der Waals surface area contributed by atoms with E-state index in [9.17, 15) is 13.2 Å². The first-order valence-electron chi connectivity index (χ1n) is 3.58. The summed E-state index contributed by atoms with van der Waals surface area (Å²) in [5, 5.41) is 8.55. The van der Waals surface area contributed by atoms with Gasteiger partial charge in [0.1, 0.15) is 11.8 Å². The minimum absolute atomic E-state index is 0.0191. The summed E-state index contributed by atoms with van der Waals surface area (Å²) < 4.78 is 39.4. The molecule has 2 N–H and O–H groups in total. The van der Waals surface area contributed by atoms with Crippen LogP contribution >= 0.6 is 15.9 Å². The van der Waals surface area contributed by atoms with Crippen LogP contribution in [0.25, 0.3) is 0 Å². The second-order valence-electron chi connectivity index (χ2n) is 2.53. The van der Waals surface area contributed by atoms with Crippen molar-refractivity contribution in [3.05, 3.63) is 22.2 Å². The normalized spacial score (nSPS) is 10.9. The average molecular weight is 281 g/mol. The third-order valence-corrected chi connectivity index (χ3v) is 2.07. The molecule has 0 saturated heterocycles. The van der Waals surface area contributed by atoms with Gasteiger partial charge in [-0.15, -0.1) is 13.2 Å². The van der Waals surface area contributed by atoms with E-state index in [1.807, 2.05) is 0 Å². The van der Waals surface area contributed by atoms with Crippen molar-refractivity contribution in [2.75, 3.05) is 5.73 Å². The maximum Gasteiger partial charge on any atom is 0.573 e. The van der Waals surface area contributed by atoms with Gasteiger partial charge in [0.15, 0.2) is 0 Å². The third-order valence-electron chi connectivity index (χ3n) is 1.45. The van der Waals surface area contributed by atoms with E-state index in [0.717, 1.165) is 12.1 Å². The van der Waals surface area contributed by atoms with Gasteiger partial charge in [0.05, 0.1) is 15.7 Å². The van der Waals surface area contributed by atoms with Crippen molar-refractivity contribution in [3.8, 4) is 11.8 Å². The number of nitriles is 1. The molecule has 15 heavy (non-hydrogen) atoms. The summed E-state index contributed by atoms with van der Waals surface area (Å²) in [6.07, 6.45) is -4.79. The number of anilines is 1. The van der Waals surface area contributed by atoms with E-state index < -0.39 is 12.1 Å². The predicted molar refractivity (Wildman–Crippen MR) is 50.0 cm³/mol. The van der Waals surface area contributed by atoms with Crippen molar-refractivity contribution in [2.24, 2.45) is 0 Å². The molecule has 0 aromatic heterocycles. The Hall–Kier alpha value is -1.42. The molecule has 0 bridgehead atoms. The van der Waals surface area contributed by atoms with Crippen LogP contribution in [0.15, 0.2) is 16.6 Å². The smallest absolute Gasteiger partial charge is 0.405 e. The van der Waals surface area contributed by atoms with Crippen LogP contribution in [0.4, 0.5) is 18.9 Å². The van der Waals surface area contributed by atoms with Crippen molar-refractivity contribution in [3.63, 3.8) is 0 Å². The van der Waals surface area contributed by atoms with Gasteiger partial charge in [-0.3, -0.25) is 0 Å². The van der Waals surface area contributed by atoms with E-state index in [-0.39, 0.29) is 15.7 Å². The van der Waals surface area contributed by atoms with E-state index in [1.54, 1.807) is 6.07 Å². The Kier molecular flexibility index (Phi) is 3.09. The molecule has 0 amide bonds. The maximum absolute atomic E-state index is 11.9. The maximum atomic E-state index is 11.9. The molecule has 1 aromatic carbocycles. The molecule has 0 aliphatic heterocycles.